The second-order valence-corrected chi connectivity index (χ2v) is 7.95. The molecule has 1 aliphatic heterocycles. The van der Waals surface area contributed by atoms with E-state index in [1.165, 1.54) is 24.0 Å². The lowest BCUT2D eigenvalue weighted by molar-refractivity contribution is -0.135. The molecule has 2 fully saturated rings. The summed E-state index contributed by atoms with van der Waals surface area (Å²) in [7, 11) is 1.73. The molecule has 4 rings (SSSR count). The number of hydrogen-bond acceptors (Lipinski definition) is 3. The summed E-state index contributed by atoms with van der Waals surface area (Å²) in [5.74, 6) is 1.89. The van der Waals surface area contributed by atoms with E-state index in [9.17, 15) is 4.79 Å². The summed E-state index contributed by atoms with van der Waals surface area (Å²) < 4.78 is 5.46. The lowest BCUT2D eigenvalue weighted by Crippen LogP contribution is -2.50. The summed E-state index contributed by atoms with van der Waals surface area (Å²) in [5.41, 5.74) is 2.44. The van der Waals surface area contributed by atoms with Crippen LogP contribution < -0.4 is 4.74 Å². The van der Waals surface area contributed by atoms with Gasteiger partial charge >= 0.3 is 0 Å². The van der Waals surface area contributed by atoms with Crippen LogP contribution in [-0.4, -0.2) is 55.5 Å². The molecule has 1 atom stereocenters. The lowest BCUT2D eigenvalue weighted by Gasteiger charge is -2.36. The van der Waals surface area contributed by atoms with Crippen molar-refractivity contribution >= 4 is 5.91 Å². The predicted octanol–water partition coefficient (Wildman–Crippen LogP) is 3.58. The van der Waals surface area contributed by atoms with Crippen LogP contribution in [0.4, 0.5) is 0 Å². The molecule has 1 aliphatic carbocycles. The number of para-hydroxylation sites is 1. The molecule has 148 valence electrons. The van der Waals surface area contributed by atoms with E-state index in [0.29, 0.717) is 11.8 Å². The average Bonchev–Trinajstić information content (AvgIpc) is 3.59. The van der Waals surface area contributed by atoms with E-state index in [2.05, 4.69) is 34.1 Å². The summed E-state index contributed by atoms with van der Waals surface area (Å²) in [6, 6.07) is 18.6. The van der Waals surface area contributed by atoms with Crippen LogP contribution in [0.15, 0.2) is 54.6 Å². The van der Waals surface area contributed by atoms with Gasteiger partial charge in [-0.2, -0.15) is 0 Å². The maximum atomic E-state index is 13.2. The van der Waals surface area contributed by atoms with E-state index in [4.69, 9.17) is 4.74 Å². The van der Waals surface area contributed by atoms with E-state index in [1.807, 2.05) is 30.3 Å². The quantitative estimate of drug-likeness (QED) is 0.738. The highest BCUT2D eigenvalue weighted by Gasteiger charge is 2.39. The normalized spacial score (nSPS) is 18.7. The molecule has 4 heteroatoms. The van der Waals surface area contributed by atoms with Crippen LogP contribution in [0.3, 0.4) is 0 Å². The van der Waals surface area contributed by atoms with E-state index in [0.717, 1.165) is 44.9 Å². The van der Waals surface area contributed by atoms with Gasteiger partial charge in [0.15, 0.2) is 0 Å². The highest BCUT2D eigenvalue weighted by molar-refractivity contribution is 5.84. The topological polar surface area (TPSA) is 32.8 Å². The number of rotatable bonds is 7. The Labute approximate surface area is 168 Å². The van der Waals surface area contributed by atoms with E-state index >= 15 is 0 Å². The Morgan fingerprint density at radius 1 is 1.00 bits per heavy atom. The van der Waals surface area contributed by atoms with E-state index in [1.54, 1.807) is 7.11 Å². The maximum Gasteiger partial charge on any atom is 0.230 e. The second-order valence-electron chi connectivity index (χ2n) is 7.95. The number of hydrogen-bond donors (Lipinski definition) is 0. The molecule has 2 aromatic rings. The first-order valence-electron chi connectivity index (χ1n) is 10.4. The van der Waals surface area contributed by atoms with Crippen molar-refractivity contribution in [3.8, 4) is 5.75 Å². The first-order chi connectivity index (χ1) is 13.8. The van der Waals surface area contributed by atoms with Gasteiger partial charge in [0, 0.05) is 32.7 Å². The van der Waals surface area contributed by atoms with Crippen LogP contribution in [0.5, 0.6) is 5.75 Å². The van der Waals surface area contributed by atoms with Crippen LogP contribution >= 0.6 is 0 Å². The van der Waals surface area contributed by atoms with Crippen molar-refractivity contribution in [3.05, 3.63) is 65.7 Å². The van der Waals surface area contributed by atoms with Gasteiger partial charge in [0.1, 0.15) is 5.75 Å². The van der Waals surface area contributed by atoms with E-state index < -0.39 is 0 Å². The zero-order valence-electron chi connectivity index (χ0n) is 16.7. The van der Waals surface area contributed by atoms with Gasteiger partial charge in [0.2, 0.25) is 5.91 Å². The molecule has 2 aromatic carbocycles. The number of carbonyl (C=O) groups excluding carboxylic acids is 1. The number of benzene rings is 2. The number of ether oxygens (including phenoxy) is 1. The molecule has 0 N–H and O–H groups in total. The van der Waals surface area contributed by atoms with Gasteiger partial charge in [0.05, 0.1) is 13.0 Å². The van der Waals surface area contributed by atoms with Gasteiger partial charge in [-0.1, -0.05) is 48.5 Å². The average molecular weight is 379 g/mol. The minimum Gasteiger partial charge on any atom is -0.496 e. The molecular weight excluding hydrogens is 348 g/mol. The van der Waals surface area contributed by atoms with Crippen LogP contribution in [0.25, 0.3) is 0 Å². The highest BCUT2D eigenvalue weighted by atomic mass is 16.5. The van der Waals surface area contributed by atoms with Crippen molar-refractivity contribution in [2.75, 3.05) is 39.8 Å². The van der Waals surface area contributed by atoms with Crippen LogP contribution in [0, 0.1) is 5.92 Å². The molecule has 0 spiro atoms. The Hall–Kier alpha value is -2.33. The van der Waals surface area contributed by atoms with Crippen molar-refractivity contribution in [3.63, 3.8) is 0 Å². The highest BCUT2D eigenvalue weighted by Crippen LogP contribution is 2.43. The third-order valence-electron chi connectivity index (χ3n) is 6.09. The molecule has 1 amide bonds. The zero-order valence-corrected chi connectivity index (χ0v) is 16.7. The minimum absolute atomic E-state index is 0.0568. The molecule has 4 nitrogen and oxygen atoms in total. The summed E-state index contributed by atoms with van der Waals surface area (Å²) in [4.78, 5) is 17.8. The third-order valence-corrected chi connectivity index (χ3v) is 6.09. The van der Waals surface area contributed by atoms with Crippen molar-refractivity contribution in [2.24, 2.45) is 5.92 Å². The van der Waals surface area contributed by atoms with E-state index in [-0.39, 0.29) is 5.92 Å². The summed E-state index contributed by atoms with van der Waals surface area (Å²) in [6.45, 7) is 4.58. The summed E-state index contributed by atoms with van der Waals surface area (Å²) >= 11 is 0. The van der Waals surface area contributed by atoms with Gasteiger partial charge in [0.25, 0.3) is 0 Å². The van der Waals surface area contributed by atoms with Gasteiger partial charge in [-0.15, -0.1) is 0 Å². The number of amides is 1. The Morgan fingerprint density at radius 2 is 1.68 bits per heavy atom. The number of carbonyl (C=O) groups is 1. The monoisotopic (exact) mass is 378 g/mol. The SMILES string of the molecule is COc1ccccc1CCN1CCN(C(=O)C(c2ccccc2)C2CC2)CC1. The fourth-order valence-corrected chi connectivity index (χ4v) is 4.28. The molecule has 28 heavy (non-hydrogen) atoms. The summed E-state index contributed by atoms with van der Waals surface area (Å²) in [5, 5.41) is 0. The molecule has 1 unspecified atom stereocenters. The van der Waals surface area contributed by atoms with Crippen LogP contribution in [0.1, 0.15) is 29.9 Å². The fourth-order valence-electron chi connectivity index (χ4n) is 4.28. The molecule has 2 aliphatic rings. The Balaban J connectivity index is 1.31. The second kappa shape index (κ2) is 8.78. The van der Waals surface area contributed by atoms with Gasteiger partial charge in [-0.3, -0.25) is 9.69 Å². The predicted molar refractivity (Wildman–Crippen MR) is 112 cm³/mol. The van der Waals surface area contributed by atoms with Gasteiger partial charge in [-0.25, -0.2) is 0 Å². The smallest absolute Gasteiger partial charge is 0.230 e. The zero-order chi connectivity index (χ0) is 19.3. The molecular formula is C24H30N2O2. The minimum atomic E-state index is 0.0568. The first-order valence-corrected chi connectivity index (χ1v) is 10.4. The Morgan fingerprint density at radius 3 is 2.36 bits per heavy atom. The van der Waals surface area contributed by atoms with Crippen molar-refractivity contribution < 1.29 is 9.53 Å². The molecule has 0 aromatic heterocycles. The fraction of sp³-hybridized carbons (Fsp3) is 0.458. The number of methoxy groups -OCH3 is 1. The molecule has 0 radical (unpaired) electrons. The third kappa shape index (κ3) is 4.39. The molecule has 1 saturated carbocycles. The molecule has 1 heterocycles. The van der Waals surface area contributed by atoms with Crippen LogP contribution in [0.2, 0.25) is 0 Å². The number of piperazine rings is 1. The van der Waals surface area contributed by atoms with Crippen molar-refractivity contribution in [1.82, 2.24) is 9.80 Å². The first kappa shape index (κ1) is 19.0. The van der Waals surface area contributed by atoms with Gasteiger partial charge in [-0.05, 0) is 42.4 Å². The van der Waals surface area contributed by atoms with Crippen molar-refractivity contribution in [2.45, 2.75) is 25.2 Å². The summed E-state index contributed by atoms with van der Waals surface area (Å²) in [6.07, 6.45) is 3.35. The molecule has 1 saturated heterocycles. The Kier molecular flexibility index (Phi) is 5.96. The van der Waals surface area contributed by atoms with Crippen molar-refractivity contribution in [1.29, 1.82) is 0 Å². The van der Waals surface area contributed by atoms with Gasteiger partial charge < -0.3 is 9.64 Å². The van der Waals surface area contributed by atoms with Crippen LogP contribution in [-0.2, 0) is 11.2 Å². The number of nitrogens with zero attached hydrogens (tertiary/aromatic N) is 2. The Bertz CT molecular complexity index is 780. The lowest BCUT2D eigenvalue weighted by atomic mass is 9.92. The maximum absolute atomic E-state index is 13.2. The molecule has 0 bridgehead atoms. The standard InChI is InChI=1S/C24H30N2O2/c1-28-22-10-6-5-7-19(22)13-14-25-15-17-26(18-16-25)24(27)23(21-11-12-21)20-8-3-2-4-9-20/h2-10,21,23H,11-18H2,1H3. The largest absolute Gasteiger partial charge is 0.496 e.